The fourth-order valence-corrected chi connectivity index (χ4v) is 1.91. The van der Waals surface area contributed by atoms with Crippen LogP contribution >= 0.6 is 0 Å². The molecule has 1 aromatic rings. The van der Waals surface area contributed by atoms with Crippen molar-refractivity contribution in [2.75, 3.05) is 6.54 Å². The third kappa shape index (κ3) is 2.79. The molecule has 4 nitrogen and oxygen atoms in total. The van der Waals surface area contributed by atoms with Crippen LogP contribution in [-0.4, -0.2) is 23.5 Å². The van der Waals surface area contributed by atoms with Crippen LogP contribution in [0.3, 0.4) is 0 Å². The highest BCUT2D eigenvalue weighted by atomic mass is 16.2. The molecule has 0 aromatic carbocycles. The van der Waals surface area contributed by atoms with Gasteiger partial charge in [0.2, 0.25) is 5.91 Å². The first-order valence-electron chi connectivity index (χ1n) is 5.69. The zero-order chi connectivity index (χ0) is 11.4. The molecular weight excluding hydrogens is 202 g/mol. The smallest absolute Gasteiger partial charge is 0.237 e. The lowest BCUT2D eigenvalue weighted by Gasteiger charge is -2.10. The maximum Gasteiger partial charge on any atom is 0.237 e. The van der Waals surface area contributed by atoms with Crippen LogP contribution in [0, 0.1) is 6.92 Å². The Bertz CT molecular complexity index is 372. The molecule has 1 aromatic heterocycles. The highest BCUT2D eigenvalue weighted by Crippen LogP contribution is 2.05. The molecule has 1 fully saturated rings. The second-order valence-electron chi connectivity index (χ2n) is 4.14. The molecule has 4 heteroatoms. The van der Waals surface area contributed by atoms with E-state index in [1.165, 1.54) is 0 Å². The van der Waals surface area contributed by atoms with Gasteiger partial charge in [0, 0.05) is 5.69 Å². The van der Waals surface area contributed by atoms with Gasteiger partial charge in [0.1, 0.15) is 0 Å². The predicted octanol–water partition coefficient (Wildman–Crippen LogP) is 0.758. The Balaban J connectivity index is 1.84. The summed E-state index contributed by atoms with van der Waals surface area (Å²) in [5.74, 6) is 0.0841. The van der Waals surface area contributed by atoms with Crippen molar-refractivity contribution in [2.24, 2.45) is 0 Å². The third-order valence-corrected chi connectivity index (χ3v) is 2.77. The lowest BCUT2D eigenvalue weighted by molar-refractivity contribution is -0.122. The number of aryl methyl sites for hydroxylation is 1. The number of aromatic nitrogens is 1. The minimum Gasteiger partial charge on any atom is -0.349 e. The van der Waals surface area contributed by atoms with E-state index in [0.717, 1.165) is 30.8 Å². The van der Waals surface area contributed by atoms with E-state index in [0.29, 0.717) is 6.54 Å². The average molecular weight is 219 g/mol. The van der Waals surface area contributed by atoms with Gasteiger partial charge >= 0.3 is 0 Å². The molecule has 2 rings (SSSR count). The van der Waals surface area contributed by atoms with E-state index in [-0.39, 0.29) is 11.9 Å². The van der Waals surface area contributed by atoms with Crippen molar-refractivity contribution in [1.82, 2.24) is 15.6 Å². The number of carbonyl (C=O) groups excluding carboxylic acids is 1. The molecule has 0 spiro atoms. The molecule has 2 N–H and O–H groups in total. The largest absolute Gasteiger partial charge is 0.349 e. The van der Waals surface area contributed by atoms with Gasteiger partial charge < -0.3 is 10.6 Å². The van der Waals surface area contributed by atoms with Crippen molar-refractivity contribution in [1.29, 1.82) is 0 Å². The highest BCUT2D eigenvalue weighted by molar-refractivity contribution is 5.81. The number of rotatable bonds is 3. The van der Waals surface area contributed by atoms with Crippen LogP contribution in [0.4, 0.5) is 0 Å². The molecule has 1 aliphatic rings. The summed E-state index contributed by atoms with van der Waals surface area (Å²) in [4.78, 5) is 16.0. The van der Waals surface area contributed by atoms with Gasteiger partial charge in [-0.05, 0) is 38.4 Å². The van der Waals surface area contributed by atoms with Crippen LogP contribution in [-0.2, 0) is 11.3 Å². The quantitative estimate of drug-likeness (QED) is 0.789. The molecule has 0 saturated carbocycles. The zero-order valence-electron chi connectivity index (χ0n) is 9.49. The second-order valence-corrected chi connectivity index (χ2v) is 4.14. The van der Waals surface area contributed by atoms with Gasteiger partial charge in [-0.15, -0.1) is 0 Å². The van der Waals surface area contributed by atoms with E-state index in [4.69, 9.17) is 0 Å². The Hall–Kier alpha value is -1.42. The Morgan fingerprint density at radius 2 is 2.50 bits per heavy atom. The Labute approximate surface area is 95.5 Å². The summed E-state index contributed by atoms with van der Waals surface area (Å²) in [5, 5.41) is 6.08. The van der Waals surface area contributed by atoms with Gasteiger partial charge in [0.25, 0.3) is 0 Å². The Kier molecular flexibility index (Phi) is 3.51. The second kappa shape index (κ2) is 5.07. The van der Waals surface area contributed by atoms with Crippen molar-refractivity contribution in [3.8, 4) is 0 Å². The average Bonchev–Trinajstić information content (AvgIpc) is 2.79. The molecule has 0 bridgehead atoms. The molecule has 1 saturated heterocycles. The van der Waals surface area contributed by atoms with Crippen molar-refractivity contribution in [3.63, 3.8) is 0 Å². The molecule has 86 valence electrons. The molecule has 0 unspecified atom stereocenters. The fourth-order valence-electron chi connectivity index (χ4n) is 1.91. The summed E-state index contributed by atoms with van der Waals surface area (Å²) >= 11 is 0. The minimum absolute atomic E-state index is 0.00944. The lowest BCUT2D eigenvalue weighted by atomic mass is 10.2. The molecule has 16 heavy (non-hydrogen) atoms. The number of nitrogens with one attached hydrogen (secondary N) is 2. The SMILES string of the molecule is Cc1cccc(CNC(=O)[C@H]2CCCN2)n1. The van der Waals surface area contributed by atoms with Gasteiger partial charge in [-0.3, -0.25) is 9.78 Å². The van der Waals surface area contributed by atoms with Gasteiger partial charge in [-0.25, -0.2) is 0 Å². The van der Waals surface area contributed by atoms with Crippen molar-refractivity contribution < 1.29 is 4.79 Å². The molecular formula is C12H17N3O. The Morgan fingerprint density at radius 3 is 3.19 bits per heavy atom. The van der Waals surface area contributed by atoms with Crippen LogP contribution in [0.25, 0.3) is 0 Å². The van der Waals surface area contributed by atoms with Crippen molar-refractivity contribution in [2.45, 2.75) is 32.4 Å². The Morgan fingerprint density at radius 1 is 1.62 bits per heavy atom. The monoisotopic (exact) mass is 219 g/mol. The predicted molar refractivity (Wildman–Crippen MR) is 61.8 cm³/mol. The van der Waals surface area contributed by atoms with Crippen LogP contribution in [0.5, 0.6) is 0 Å². The number of pyridine rings is 1. The number of hydrogen-bond donors (Lipinski definition) is 2. The zero-order valence-corrected chi connectivity index (χ0v) is 9.49. The number of hydrogen-bond acceptors (Lipinski definition) is 3. The topological polar surface area (TPSA) is 54.0 Å². The summed E-state index contributed by atoms with van der Waals surface area (Å²) in [6, 6.07) is 5.82. The molecule has 1 amide bonds. The van der Waals surface area contributed by atoms with Crippen LogP contribution < -0.4 is 10.6 Å². The fraction of sp³-hybridized carbons (Fsp3) is 0.500. The van der Waals surface area contributed by atoms with Crippen molar-refractivity contribution >= 4 is 5.91 Å². The number of carbonyl (C=O) groups is 1. The first kappa shape index (κ1) is 11.1. The summed E-state index contributed by atoms with van der Waals surface area (Å²) in [6.45, 7) is 3.41. The molecule has 0 radical (unpaired) electrons. The van der Waals surface area contributed by atoms with Gasteiger partial charge in [0.05, 0.1) is 18.3 Å². The maximum atomic E-state index is 11.7. The highest BCUT2D eigenvalue weighted by Gasteiger charge is 2.21. The van der Waals surface area contributed by atoms with Gasteiger partial charge in [0.15, 0.2) is 0 Å². The van der Waals surface area contributed by atoms with E-state index >= 15 is 0 Å². The standard InChI is InChI=1S/C12H17N3O/c1-9-4-2-5-10(15-9)8-14-12(16)11-6-3-7-13-11/h2,4-5,11,13H,3,6-8H2,1H3,(H,14,16)/t11-/m1/s1. The van der Waals surface area contributed by atoms with E-state index in [2.05, 4.69) is 15.6 Å². The first-order valence-corrected chi connectivity index (χ1v) is 5.69. The number of nitrogens with zero attached hydrogens (tertiary/aromatic N) is 1. The van der Waals surface area contributed by atoms with Crippen LogP contribution in [0.15, 0.2) is 18.2 Å². The normalized spacial score (nSPS) is 19.7. The maximum absolute atomic E-state index is 11.7. The van der Waals surface area contributed by atoms with Gasteiger partial charge in [-0.1, -0.05) is 6.07 Å². The van der Waals surface area contributed by atoms with Crippen LogP contribution in [0.2, 0.25) is 0 Å². The third-order valence-electron chi connectivity index (χ3n) is 2.77. The molecule has 2 heterocycles. The lowest BCUT2D eigenvalue weighted by Crippen LogP contribution is -2.40. The van der Waals surface area contributed by atoms with Crippen molar-refractivity contribution in [3.05, 3.63) is 29.6 Å². The molecule has 1 atom stereocenters. The van der Waals surface area contributed by atoms with E-state index in [1.54, 1.807) is 0 Å². The van der Waals surface area contributed by atoms with Gasteiger partial charge in [-0.2, -0.15) is 0 Å². The van der Waals surface area contributed by atoms with Crippen LogP contribution in [0.1, 0.15) is 24.2 Å². The summed E-state index contributed by atoms with van der Waals surface area (Å²) in [7, 11) is 0. The van der Waals surface area contributed by atoms with E-state index in [1.807, 2.05) is 25.1 Å². The van der Waals surface area contributed by atoms with E-state index < -0.39 is 0 Å². The summed E-state index contributed by atoms with van der Waals surface area (Å²) < 4.78 is 0. The first-order chi connectivity index (χ1) is 7.75. The molecule has 0 aliphatic carbocycles. The minimum atomic E-state index is -0.00944. The molecule has 1 aliphatic heterocycles. The summed E-state index contributed by atoms with van der Waals surface area (Å²) in [6.07, 6.45) is 2.02. The number of amides is 1. The van der Waals surface area contributed by atoms with E-state index in [9.17, 15) is 4.79 Å². The summed E-state index contributed by atoms with van der Waals surface area (Å²) in [5.41, 5.74) is 1.89.